The predicted molar refractivity (Wildman–Crippen MR) is 105 cm³/mol. The summed E-state index contributed by atoms with van der Waals surface area (Å²) in [5.74, 6) is -0.431. The summed E-state index contributed by atoms with van der Waals surface area (Å²) in [4.78, 5) is 27.6. The zero-order chi connectivity index (χ0) is 20.1. The van der Waals surface area contributed by atoms with E-state index in [0.717, 1.165) is 16.6 Å². The van der Waals surface area contributed by atoms with Crippen LogP contribution in [0.25, 0.3) is 10.6 Å². The second-order valence-corrected chi connectivity index (χ2v) is 7.08. The molecule has 0 spiro atoms. The molecule has 0 bridgehead atoms. The van der Waals surface area contributed by atoms with Gasteiger partial charge in [0, 0.05) is 22.4 Å². The largest absolute Gasteiger partial charge is 0.493 e. The van der Waals surface area contributed by atoms with Gasteiger partial charge in [0.05, 0.1) is 30.4 Å². The molecule has 0 aliphatic heterocycles. The van der Waals surface area contributed by atoms with Gasteiger partial charge in [-0.25, -0.2) is 9.78 Å². The summed E-state index contributed by atoms with van der Waals surface area (Å²) < 4.78 is 15.7. The molecule has 0 amide bonds. The minimum absolute atomic E-state index is 0.0911. The van der Waals surface area contributed by atoms with Gasteiger partial charge in [-0.05, 0) is 18.4 Å². The van der Waals surface area contributed by atoms with E-state index in [0.29, 0.717) is 12.3 Å². The summed E-state index contributed by atoms with van der Waals surface area (Å²) >= 11 is 3.00. The molecule has 0 radical (unpaired) electrons. The molecule has 2 aromatic heterocycles. The molecule has 3 rings (SSSR count). The fraction of sp³-hybridized carbons (Fsp3) is 0.222. The van der Waals surface area contributed by atoms with Gasteiger partial charge in [0.1, 0.15) is 17.2 Å². The predicted octanol–water partition coefficient (Wildman–Crippen LogP) is 4.54. The van der Waals surface area contributed by atoms with Gasteiger partial charge in [0.2, 0.25) is 0 Å². The molecule has 0 fully saturated rings. The van der Waals surface area contributed by atoms with Gasteiger partial charge in [-0.2, -0.15) is 11.3 Å². The van der Waals surface area contributed by atoms with Gasteiger partial charge < -0.3 is 14.2 Å². The van der Waals surface area contributed by atoms with Crippen molar-refractivity contribution in [3.8, 4) is 22.1 Å². The number of carbonyl (C=O) groups is 1. The Kier molecular flexibility index (Phi) is 6.22. The SMILES string of the molecule is CCOc1cc([N+](=O)[O-])c(C(=O)OCc2csc(-c3ccsc3)n2)cc1OC. The van der Waals surface area contributed by atoms with Crippen molar-refractivity contribution in [2.24, 2.45) is 0 Å². The van der Waals surface area contributed by atoms with E-state index >= 15 is 0 Å². The van der Waals surface area contributed by atoms with Crippen molar-refractivity contribution >= 4 is 34.3 Å². The molecule has 0 aliphatic carbocycles. The lowest BCUT2D eigenvalue weighted by Gasteiger charge is -2.11. The number of nitro benzene ring substituents is 1. The molecule has 1 aromatic carbocycles. The van der Waals surface area contributed by atoms with E-state index < -0.39 is 16.6 Å². The topological polar surface area (TPSA) is 101 Å². The van der Waals surface area contributed by atoms with Crippen LogP contribution in [0.1, 0.15) is 23.0 Å². The molecule has 8 nitrogen and oxygen atoms in total. The van der Waals surface area contributed by atoms with E-state index in [1.165, 1.54) is 24.5 Å². The summed E-state index contributed by atoms with van der Waals surface area (Å²) in [6, 6.07) is 4.37. The molecular formula is C18H16N2O6S2. The smallest absolute Gasteiger partial charge is 0.345 e. The second kappa shape index (κ2) is 8.81. The Labute approximate surface area is 168 Å². The van der Waals surface area contributed by atoms with Crippen LogP contribution in [0.3, 0.4) is 0 Å². The van der Waals surface area contributed by atoms with E-state index in [2.05, 4.69) is 4.98 Å². The highest BCUT2D eigenvalue weighted by atomic mass is 32.1. The second-order valence-electron chi connectivity index (χ2n) is 5.44. The molecule has 3 aromatic rings. The number of thiazole rings is 1. The van der Waals surface area contributed by atoms with Crippen molar-refractivity contribution in [3.63, 3.8) is 0 Å². The van der Waals surface area contributed by atoms with Crippen LogP contribution >= 0.6 is 22.7 Å². The Morgan fingerprint density at radius 3 is 2.75 bits per heavy atom. The van der Waals surface area contributed by atoms with Crippen LogP contribution in [-0.4, -0.2) is 29.6 Å². The molecule has 0 aliphatic rings. The Morgan fingerprint density at radius 1 is 1.29 bits per heavy atom. The van der Waals surface area contributed by atoms with Gasteiger partial charge in [0.15, 0.2) is 11.5 Å². The Balaban J connectivity index is 1.79. The molecule has 0 saturated carbocycles. The molecule has 0 saturated heterocycles. The van der Waals surface area contributed by atoms with Crippen LogP contribution in [0.2, 0.25) is 0 Å². The first-order chi connectivity index (χ1) is 13.5. The number of nitrogens with zero attached hydrogens (tertiary/aromatic N) is 2. The maximum atomic E-state index is 12.5. The lowest BCUT2D eigenvalue weighted by atomic mass is 10.1. The average molecular weight is 420 g/mol. The average Bonchev–Trinajstić information content (AvgIpc) is 3.37. The number of hydrogen-bond donors (Lipinski definition) is 0. The van der Waals surface area contributed by atoms with Crippen LogP contribution in [0, 0.1) is 10.1 Å². The van der Waals surface area contributed by atoms with E-state index in [9.17, 15) is 14.9 Å². The highest BCUT2D eigenvalue weighted by molar-refractivity contribution is 7.14. The Bertz CT molecular complexity index is 984. The van der Waals surface area contributed by atoms with Crippen LogP contribution < -0.4 is 9.47 Å². The van der Waals surface area contributed by atoms with E-state index in [1.54, 1.807) is 23.6 Å². The standard InChI is InChI=1S/C18H16N2O6S2/c1-3-25-16-7-14(20(22)23)13(6-15(16)24-2)18(21)26-8-12-10-28-17(19-12)11-4-5-27-9-11/h4-7,9-10H,3,8H2,1-2H3. The summed E-state index contributed by atoms with van der Waals surface area (Å²) in [5.41, 5.74) is 0.949. The number of benzene rings is 1. The van der Waals surface area contributed by atoms with E-state index in [-0.39, 0.29) is 23.7 Å². The number of ether oxygens (including phenoxy) is 3. The number of esters is 1. The van der Waals surface area contributed by atoms with Crippen LogP contribution in [0.15, 0.2) is 34.3 Å². The van der Waals surface area contributed by atoms with Crippen molar-refractivity contribution < 1.29 is 23.9 Å². The Morgan fingerprint density at radius 2 is 2.11 bits per heavy atom. The molecule has 0 unspecified atom stereocenters. The lowest BCUT2D eigenvalue weighted by Crippen LogP contribution is -2.10. The fourth-order valence-electron chi connectivity index (χ4n) is 2.40. The molecule has 10 heteroatoms. The van der Waals surface area contributed by atoms with E-state index in [1.807, 2.05) is 16.8 Å². The normalized spacial score (nSPS) is 10.5. The number of rotatable bonds is 8. The number of methoxy groups -OCH3 is 1. The monoisotopic (exact) mass is 420 g/mol. The Hall–Kier alpha value is -2.98. The first-order valence-electron chi connectivity index (χ1n) is 8.16. The van der Waals surface area contributed by atoms with E-state index in [4.69, 9.17) is 14.2 Å². The van der Waals surface area contributed by atoms with Crippen molar-refractivity contribution in [1.82, 2.24) is 4.98 Å². The van der Waals surface area contributed by atoms with Crippen LogP contribution in [0.5, 0.6) is 11.5 Å². The van der Waals surface area contributed by atoms with Gasteiger partial charge in [0.25, 0.3) is 5.69 Å². The van der Waals surface area contributed by atoms with Crippen molar-refractivity contribution in [3.05, 3.63) is 55.7 Å². The first-order valence-corrected chi connectivity index (χ1v) is 9.99. The molecule has 0 atom stereocenters. The third-order valence-electron chi connectivity index (χ3n) is 3.67. The summed E-state index contributed by atoms with van der Waals surface area (Å²) in [6.07, 6.45) is 0. The summed E-state index contributed by atoms with van der Waals surface area (Å²) in [7, 11) is 1.39. The number of carbonyl (C=O) groups excluding carboxylic acids is 1. The van der Waals surface area contributed by atoms with Gasteiger partial charge >= 0.3 is 5.97 Å². The molecule has 146 valence electrons. The zero-order valence-corrected chi connectivity index (χ0v) is 16.7. The minimum atomic E-state index is -0.835. The number of nitro groups is 1. The van der Waals surface area contributed by atoms with Gasteiger partial charge in [-0.1, -0.05) is 0 Å². The van der Waals surface area contributed by atoms with Gasteiger partial charge in [-0.3, -0.25) is 10.1 Å². The fourth-order valence-corrected chi connectivity index (χ4v) is 3.92. The molecule has 2 heterocycles. The quantitative estimate of drug-likeness (QED) is 0.299. The van der Waals surface area contributed by atoms with Crippen LogP contribution in [-0.2, 0) is 11.3 Å². The lowest BCUT2D eigenvalue weighted by molar-refractivity contribution is -0.385. The minimum Gasteiger partial charge on any atom is -0.493 e. The molecule has 0 N–H and O–H groups in total. The third kappa shape index (κ3) is 4.29. The van der Waals surface area contributed by atoms with Crippen LogP contribution in [0.4, 0.5) is 5.69 Å². The molecular weight excluding hydrogens is 404 g/mol. The first kappa shape index (κ1) is 19.8. The highest BCUT2D eigenvalue weighted by Gasteiger charge is 2.26. The zero-order valence-electron chi connectivity index (χ0n) is 15.0. The van der Waals surface area contributed by atoms with Gasteiger partial charge in [-0.15, -0.1) is 11.3 Å². The maximum absolute atomic E-state index is 12.5. The summed E-state index contributed by atoms with van der Waals surface area (Å²) in [6.45, 7) is 1.95. The highest BCUT2D eigenvalue weighted by Crippen LogP contribution is 2.35. The summed E-state index contributed by atoms with van der Waals surface area (Å²) in [5, 5.41) is 17.9. The van der Waals surface area contributed by atoms with Crippen molar-refractivity contribution in [2.45, 2.75) is 13.5 Å². The number of thiophene rings is 1. The number of aromatic nitrogens is 1. The third-order valence-corrected chi connectivity index (χ3v) is 5.29. The number of hydrogen-bond acceptors (Lipinski definition) is 9. The van der Waals surface area contributed by atoms with Crippen molar-refractivity contribution in [2.75, 3.05) is 13.7 Å². The molecule has 28 heavy (non-hydrogen) atoms. The maximum Gasteiger partial charge on any atom is 0.345 e. The van der Waals surface area contributed by atoms with Crippen molar-refractivity contribution in [1.29, 1.82) is 0 Å².